The van der Waals surface area contributed by atoms with Gasteiger partial charge in [-0.25, -0.2) is 0 Å². The van der Waals surface area contributed by atoms with Crippen LogP contribution in [0.3, 0.4) is 0 Å². The Hall–Kier alpha value is -1.33. The van der Waals surface area contributed by atoms with Crippen molar-refractivity contribution in [2.45, 2.75) is 6.42 Å². The lowest BCUT2D eigenvalue weighted by Crippen LogP contribution is -1.97. The van der Waals surface area contributed by atoms with Crippen molar-refractivity contribution in [2.24, 2.45) is 0 Å². The van der Waals surface area contributed by atoms with Crippen LogP contribution in [0.2, 0.25) is 5.02 Å². The molecule has 0 fully saturated rings. The SMILES string of the molecule is N#CCC(=O)c1ccc[c]c1Cl. The summed E-state index contributed by atoms with van der Waals surface area (Å²) >= 11 is 5.67. The standard InChI is InChI=1S/C9H5ClNO/c10-8-4-2-1-3-7(8)9(12)5-6-11/h1-3H,5H2. The minimum Gasteiger partial charge on any atom is -0.293 e. The molecule has 2 nitrogen and oxygen atoms in total. The summed E-state index contributed by atoms with van der Waals surface area (Å²) in [5, 5.41) is 8.54. The van der Waals surface area contributed by atoms with Crippen molar-refractivity contribution in [3.8, 4) is 6.07 Å². The van der Waals surface area contributed by atoms with Crippen molar-refractivity contribution in [1.82, 2.24) is 0 Å². The van der Waals surface area contributed by atoms with Crippen molar-refractivity contribution in [3.05, 3.63) is 34.9 Å². The van der Waals surface area contributed by atoms with Crippen LogP contribution in [0.25, 0.3) is 0 Å². The number of hydrogen-bond donors (Lipinski definition) is 0. The maximum atomic E-state index is 11.1. The number of benzene rings is 1. The van der Waals surface area contributed by atoms with Gasteiger partial charge in [0.2, 0.25) is 0 Å². The van der Waals surface area contributed by atoms with Gasteiger partial charge in [-0.05, 0) is 6.07 Å². The van der Waals surface area contributed by atoms with Gasteiger partial charge in [-0.3, -0.25) is 4.79 Å². The highest BCUT2D eigenvalue weighted by atomic mass is 35.5. The monoisotopic (exact) mass is 178 g/mol. The topological polar surface area (TPSA) is 40.9 Å². The maximum absolute atomic E-state index is 11.1. The molecule has 0 spiro atoms. The van der Waals surface area contributed by atoms with E-state index in [-0.39, 0.29) is 17.2 Å². The summed E-state index contributed by atoms with van der Waals surface area (Å²) in [5.74, 6) is -0.264. The molecule has 0 saturated heterocycles. The first-order chi connectivity index (χ1) is 5.75. The van der Waals surface area contributed by atoms with Gasteiger partial charge >= 0.3 is 0 Å². The van der Waals surface area contributed by atoms with E-state index in [9.17, 15) is 4.79 Å². The predicted octanol–water partition coefficient (Wildman–Crippen LogP) is 2.24. The fraction of sp³-hybridized carbons (Fsp3) is 0.111. The summed E-state index contributed by atoms with van der Waals surface area (Å²) < 4.78 is 0. The summed E-state index contributed by atoms with van der Waals surface area (Å²) in [6.07, 6.45) is -0.141. The van der Waals surface area contributed by atoms with Gasteiger partial charge in [0, 0.05) is 11.6 Å². The Morgan fingerprint density at radius 3 is 3.08 bits per heavy atom. The van der Waals surface area contributed by atoms with Gasteiger partial charge in [0.25, 0.3) is 0 Å². The molecule has 1 radical (unpaired) electrons. The first kappa shape index (κ1) is 8.76. The number of halogens is 1. The van der Waals surface area contributed by atoms with Gasteiger partial charge in [-0.1, -0.05) is 23.7 Å². The van der Waals surface area contributed by atoms with E-state index in [4.69, 9.17) is 16.9 Å². The van der Waals surface area contributed by atoms with Crippen molar-refractivity contribution in [1.29, 1.82) is 5.26 Å². The average molecular weight is 179 g/mol. The molecule has 0 aliphatic rings. The zero-order valence-electron chi connectivity index (χ0n) is 6.17. The Kier molecular flexibility index (Phi) is 2.84. The zero-order valence-corrected chi connectivity index (χ0v) is 6.93. The van der Waals surface area contributed by atoms with E-state index in [1.54, 1.807) is 24.3 Å². The summed E-state index contributed by atoms with van der Waals surface area (Å²) in [7, 11) is 0. The van der Waals surface area contributed by atoms with E-state index in [0.29, 0.717) is 5.56 Å². The van der Waals surface area contributed by atoms with Crippen LogP contribution in [-0.2, 0) is 0 Å². The van der Waals surface area contributed by atoms with Crippen molar-refractivity contribution in [3.63, 3.8) is 0 Å². The molecular weight excluding hydrogens is 174 g/mol. The third kappa shape index (κ3) is 1.84. The number of nitrogens with zero attached hydrogens (tertiary/aromatic N) is 1. The van der Waals surface area contributed by atoms with E-state index in [0.717, 1.165) is 0 Å². The molecule has 0 aromatic heterocycles. The summed E-state index contributed by atoms with van der Waals surface area (Å²) in [6, 6.07) is 9.31. The van der Waals surface area contributed by atoms with Crippen LogP contribution in [0, 0.1) is 17.4 Å². The number of carbonyl (C=O) groups excluding carboxylic acids is 1. The van der Waals surface area contributed by atoms with Crippen molar-refractivity contribution in [2.75, 3.05) is 0 Å². The molecule has 0 saturated carbocycles. The number of hydrogen-bond acceptors (Lipinski definition) is 2. The molecule has 3 heteroatoms. The van der Waals surface area contributed by atoms with Gasteiger partial charge < -0.3 is 0 Å². The lowest BCUT2D eigenvalue weighted by Gasteiger charge is -1.97. The normalized spacial score (nSPS) is 9.00. The quantitative estimate of drug-likeness (QED) is 0.652. The number of rotatable bonds is 2. The molecule has 0 N–H and O–H groups in total. The van der Waals surface area contributed by atoms with E-state index in [1.807, 2.05) is 0 Å². The predicted molar refractivity (Wildman–Crippen MR) is 44.8 cm³/mol. The van der Waals surface area contributed by atoms with Gasteiger partial charge in [-0.2, -0.15) is 5.26 Å². The molecule has 12 heavy (non-hydrogen) atoms. The lowest BCUT2D eigenvalue weighted by atomic mass is 10.1. The summed E-state index contributed by atoms with van der Waals surface area (Å²) in [4.78, 5) is 11.1. The molecular formula is C9H5ClNO. The molecule has 1 rings (SSSR count). The lowest BCUT2D eigenvalue weighted by molar-refractivity contribution is 0.0998. The van der Waals surface area contributed by atoms with Gasteiger partial charge in [-0.15, -0.1) is 0 Å². The molecule has 59 valence electrons. The second-order valence-electron chi connectivity index (χ2n) is 2.16. The smallest absolute Gasteiger partial charge is 0.178 e. The molecule has 0 bridgehead atoms. The highest BCUT2D eigenvalue weighted by Gasteiger charge is 2.07. The van der Waals surface area contributed by atoms with Gasteiger partial charge in [0.05, 0.1) is 17.5 Å². The minimum atomic E-state index is -0.264. The Bertz CT molecular complexity index is 341. The molecule has 1 aromatic rings. The Balaban J connectivity index is 2.97. The molecule has 0 aliphatic heterocycles. The molecule has 0 unspecified atom stereocenters. The number of nitriles is 1. The second kappa shape index (κ2) is 3.89. The zero-order chi connectivity index (χ0) is 8.97. The third-order valence-electron chi connectivity index (χ3n) is 1.35. The Labute approximate surface area is 75.4 Å². The Morgan fingerprint density at radius 1 is 1.75 bits per heavy atom. The molecule has 1 aromatic carbocycles. The number of ketones is 1. The average Bonchev–Trinajstić information content (AvgIpc) is 2.05. The van der Waals surface area contributed by atoms with E-state index < -0.39 is 0 Å². The van der Waals surface area contributed by atoms with Gasteiger partial charge in [0.1, 0.15) is 0 Å². The Morgan fingerprint density at radius 2 is 2.50 bits per heavy atom. The van der Waals surface area contributed by atoms with Crippen LogP contribution in [0.15, 0.2) is 18.2 Å². The maximum Gasteiger partial charge on any atom is 0.178 e. The van der Waals surface area contributed by atoms with E-state index in [2.05, 4.69) is 6.07 Å². The number of carbonyl (C=O) groups is 1. The van der Waals surface area contributed by atoms with Crippen LogP contribution >= 0.6 is 11.6 Å². The highest BCUT2D eigenvalue weighted by molar-refractivity contribution is 6.33. The van der Waals surface area contributed by atoms with Crippen LogP contribution in [-0.4, -0.2) is 5.78 Å². The largest absolute Gasteiger partial charge is 0.293 e. The molecule has 0 aliphatic carbocycles. The highest BCUT2D eigenvalue weighted by Crippen LogP contribution is 2.15. The second-order valence-corrected chi connectivity index (χ2v) is 2.53. The number of Topliss-reactive ketones (excluding diaryl/α,β-unsaturated/α-hetero) is 1. The van der Waals surface area contributed by atoms with Gasteiger partial charge in [0.15, 0.2) is 5.78 Å². The first-order valence-corrected chi connectivity index (χ1v) is 3.70. The van der Waals surface area contributed by atoms with E-state index >= 15 is 0 Å². The summed E-state index contributed by atoms with van der Waals surface area (Å²) in [5.41, 5.74) is 0.362. The molecule has 0 amide bonds. The fourth-order valence-corrected chi connectivity index (χ4v) is 1.03. The molecule has 0 heterocycles. The van der Waals surface area contributed by atoms with Crippen molar-refractivity contribution >= 4 is 17.4 Å². The minimum absolute atomic E-state index is 0.141. The fourth-order valence-electron chi connectivity index (χ4n) is 0.799. The van der Waals surface area contributed by atoms with Crippen LogP contribution in [0.5, 0.6) is 0 Å². The van der Waals surface area contributed by atoms with Crippen LogP contribution < -0.4 is 0 Å². The summed E-state index contributed by atoms with van der Waals surface area (Å²) in [6.45, 7) is 0. The van der Waals surface area contributed by atoms with Crippen LogP contribution in [0.4, 0.5) is 0 Å². The van der Waals surface area contributed by atoms with Crippen molar-refractivity contribution < 1.29 is 4.79 Å². The van der Waals surface area contributed by atoms with E-state index in [1.165, 1.54) is 0 Å². The molecule has 0 atom stereocenters. The first-order valence-electron chi connectivity index (χ1n) is 3.32. The third-order valence-corrected chi connectivity index (χ3v) is 1.66. The van der Waals surface area contributed by atoms with Crippen LogP contribution in [0.1, 0.15) is 16.8 Å².